The van der Waals surface area contributed by atoms with Crippen LogP contribution in [0.2, 0.25) is 0 Å². The molecule has 0 heterocycles. The van der Waals surface area contributed by atoms with Crippen LogP contribution in [-0.2, 0) is 17.3 Å². The van der Waals surface area contributed by atoms with Gasteiger partial charge < -0.3 is 15.3 Å². The number of rotatable bonds is 1. The molecule has 3 heteroatoms. The Bertz CT molecular complexity index is 897. The summed E-state index contributed by atoms with van der Waals surface area (Å²) in [6, 6.07) is 11.2. The van der Waals surface area contributed by atoms with Crippen molar-refractivity contribution in [2.75, 3.05) is 0 Å². The van der Waals surface area contributed by atoms with Gasteiger partial charge in [0.25, 0.3) is 0 Å². The highest BCUT2D eigenvalue weighted by molar-refractivity contribution is 5.52. The van der Waals surface area contributed by atoms with Gasteiger partial charge in [0.15, 0.2) is 0 Å². The Balaban J connectivity index is 1.76. The molecule has 2 aromatic carbocycles. The van der Waals surface area contributed by atoms with Crippen LogP contribution in [0.4, 0.5) is 0 Å². The average Bonchev–Trinajstić information content (AvgIpc) is 2.68. The molecule has 3 nitrogen and oxygen atoms in total. The van der Waals surface area contributed by atoms with Crippen molar-refractivity contribution >= 4 is 0 Å². The third kappa shape index (κ3) is 2.48. The van der Waals surface area contributed by atoms with Gasteiger partial charge in [-0.15, -0.1) is 0 Å². The summed E-state index contributed by atoms with van der Waals surface area (Å²) >= 11 is 0. The fourth-order valence-corrected chi connectivity index (χ4v) is 7.16. The smallest absolute Gasteiger partial charge is 0.123 e. The Morgan fingerprint density at radius 3 is 2.07 bits per heavy atom. The van der Waals surface area contributed by atoms with E-state index in [1.54, 1.807) is 6.07 Å². The molecule has 0 radical (unpaired) electrons. The van der Waals surface area contributed by atoms with Gasteiger partial charge in [0, 0.05) is 17.0 Å². The fourth-order valence-electron chi connectivity index (χ4n) is 7.16. The predicted octanol–water partition coefficient (Wildman–Crippen LogP) is 5.69. The largest absolute Gasteiger partial charge is 0.508 e. The number of phenols is 3. The normalized spacial score (nSPS) is 28.5. The van der Waals surface area contributed by atoms with Crippen molar-refractivity contribution in [2.45, 2.75) is 75.0 Å². The monoisotopic (exact) mass is 378 g/mol. The van der Waals surface area contributed by atoms with E-state index in [9.17, 15) is 15.3 Å². The van der Waals surface area contributed by atoms with E-state index >= 15 is 0 Å². The number of benzene rings is 2. The standard InChI is InChI=1S/C25H30O3/c26-18-7-9-20-17(14-18)16-25(21-10-8-19(27)15-22(21)28)13-5-2-6-23(25)24(20)11-3-1-4-12-24/h7-10,14-15,23,26-28H,1-6,11-13,16H2. The molecule has 2 saturated carbocycles. The van der Waals surface area contributed by atoms with Gasteiger partial charge in [-0.1, -0.05) is 44.2 Å². The maximum Gasteiger partial charge on any atom is 0.123 e. The van der Waals surface area contributed by atoms with E-state index in [2.05, 4.69) is 6.07 Å². The Morgan fingerprint density at radius 2 is 1.32 bits per heavy atom. The van der Waals surface area contributed by atoms with Gasteiger partial charge in [-0.2, -0.15) is 0 Å². The lowest BCUT2D eigenvalue weighted by molar-refractivity contribution is 0.0467. The molecule has 3 N–H and O–H groups in total. The lowest BCUT2D eigenvalue weighted by Crippen LogP contribution is -2.55. The number of aromatic hydroxyl groups is 3. The molecule has 2 fully saturated rings. The summed E-state index contributed by atoms with van der Waals surface area (Å²) in [4.78, 5) is 0. The van der Waals surface area contributed by atoms with Crippen LogP contribution in [0.25, 0.3) is 0 Å². The van der Waals surface area contributed by atoms with Crippen LogP contribution < -0.4 is 0 Å². The molecule has 0 saturated heterocycles. The van der Waals surface area contributed by atoms with Crippen molar-refractivity contribution in [1.29, 1.82) is 0 Å². The molecule has 3 aliphatic rings. The summed E-state index contributed by atoms with van der Waals surface area (Å²) < 4.78 is 0. The Labute approximate surface area is 167 Å². The summed E-state index contributed by atoms with van der Waals surface area (Å²) in [6.07, 6.45) is 11.8. The first-order valence-electron chi connectivity index (χ1n) is 10.9. The number of hydrogen-bond donors (Lipinski definition) is 3. The first kappa shape index (κ1) is 17.9. The maximum atomic E-state index is 10.9. The average molecular weight is 379 g/mol. The van der Waals surface area contributed by atoms with Crippen LogP contribution >= 0.6 is 0 Å². The Morgan fingerprint density at radius 1 is 0.679 bits per heavy atom. The summed E-state index contributed by atoms with van der Waals surface area (Å²) in [5.74, 6) is 1.18. The van der Waals surface area contributed by atoms with Crippen LogP contribution in [0.3, 0.4) is 0 Å². The lowest BCUT2D eigenvalue weighted by Gasteiger charge is -2.59. The van der Waals surface area contributed by atoms with E-state index in [1.165, 1.54) is 68.6 Å². The van der Waals surface area contributed by atoms with E-state index in [1.807, 2.05) is 18.2 Å². The molecular formula is C25H30O3. The molecule has 148 valence electrons. The summed E-state index contributed by atoms with van der Waals surface area (Å²) in [5, 5.41) is 31.0. The minimum absolute atomic E-state index is 0.117. The molecule has 1 spiro atoms. The highest BCUT2D eigenvalue weighted by atomic mass is 16.3. The maximum absolute atomic E-state index is 10.9. The molecular weight excluding hydrogens is 348 g/mol. The summed E-state index contributed by atoms with van der Waals surface area (Å²) in [6.45, 7) is 0. The quantitative estimate of drug-likeness (QED) is 0.597. The van der Waals surface area contributed by atoms with Crippen LogP contribution in [0.15, 0.2) is 36.4 Å². The van der Waals surface area contributed by atoms with E-state index in [0.717, 1.165) is 18.4 Å². The molecule has 3 aliphatic carbocycles. The van der Waals surface area contributed by atoms with Crippen molar-refractivity contribution in [1.82, 2.24) is 0 Å². The summed E-state index contributed by atoms with van der Waals surface area (Å²) in [5.41, 5.74) is 3.73. The second kappa shape index (κ2) is 6.43. The van der Waals surface area contributed by atoms with E-state index in [-0.39, 0.29) is 22.3 Å². The number of phenolic OH excluding ortho intramolecular Hbond substituents is 3. The lowest BCUT2D eigenvalue weighted by atomic mass is 9.44. The van der Waals surface area contributed by atoms with Crippen LogP contribution in [-0.4, -0.2) is 15.3 Å². The number of hydrogen-bond acceptors (Lipinski definition) is 3. The summed E-state index contributed by atoms with van der Waals surface area (Å²) in [7, 11) is 0. The highest BCUT2D eigenvalue weighted by Crippen LogP contribution is 2.63. The van der Waals surface area contributed by atoms with Crippen LogP contribution in [0.5, 0.6) is 17.2 Å². The minimum atomic E-state index is -0.117. The first-order valence-corrected chi connectivity index (χ1v) is 10.9. The van der Waals surface area contributed by atoms with Gasteiger partial charge >= 0.3 is 0 Å². The highest BCUT2D eigenvalue weighted by Gasteiger charge is 2.57. The van der Waals surface area contributed by atoms with Gasteiger partial charge in [0.1, 0.15) is 17.2 Å². The zero-order chi connectivity index (χ0) is 19.4. The Kier molecular flexibility index (Phi) is 4.12. The topological polar surface area (TPSA) is 60.7 Å². The zero-order valence-electron chi connectivity index (χ0n) is 16.5. The predicted molar refractivity (Wildman–Crippen MR) is 110 cm³/mol. The van der Waals surface area contributed by atoms with E-state index in [4.69, 9.17) is 0 Å². The van der Waals surface area contributed by atoms with Gasteiger partial charge in [-0.05, 0) is 72.8 Å². The van der Waals surface area contributed by atoms with E-state index in [0.29, 0.717) is 11.7 Å². The minimum Gasteiger partial charge on any atom is -0.508 e. The van der Waals surface area contributed by atoms with Crippen molar-refractivity contribution in [2.24, 2.45) is 5.92 Å². The molecule has 0 aliphatic heterocycles. The van der Waals surface area contributed by atoms with Crippen molar-refractivity contribution in [3.05, 3.63) is 53.1 Å². The molecule has 0 amide bonds. The third-order valence-corrected chi connectivity index (χ3v) is 8.09. The van der Waals surface area contributed by atoms with Crippen molar-refractivity contribution in [3.63, 3.8) is 0 Å². The molecule has 0 bridgehead atoms. The van der Waals surface area contributed by atoms with Crippen LogP contribution in [0.1, 0.15) is 74.5 Å². The fraction of sp³-hybridized carbons (Fsp3) is 0.520. The van der Waals surface area contributed by atoms with Gasteiger partial charge in [0.2, 0.25) is 0 Å². The molecule has 2 aromatic rings. The molecule has 5 rings (SSSR count). The zero-order valence-corrected chi connectivity index (χ0v) is 16.5. The van der Waals surface area contributed by atoms with Gasteiger partial charge in [-0.25, -0.2) is 0 Å². The second-order valence-corrected chi connectivity index (χ2v) is 9.39. The first-order chi connectivity index (χ1) is 13.6. The van der Waals surface area contributed by atoms with Gasteiger partial charge in [0.05, 0.1) is 0 Å². The van der Waals surface area contributed by atoms with Gasteiger partial charge in [-0.3, -0.25) is 0 Å². The SMILES string of the molecule is Oc1ccc(C23CCCCC2C2(CCCCC2)c2ccc(O)cc2C3)c(O)c1. The van der Waals surface area contributed by atoms with Crippen LogP contribution in [0, 0.1) is 5.92 Å². The van der Waals surface area contributed by atoms with Crippen molar-refractivity contribution in [3.8, 4) is 17.2 Å². The third-order valence-electron chi connectivity index (χ3n) is 8.09. The number of fused-ring (bicyclic) bond motifs is 4. The molecule has 2 atom stereocenters. The molecule has 0 aromatic heterocycles. The second-order valence-electron chi connectivity index (χ2n) is 9.39. The Hall–Kier alpha value is -2.16. The van der Waals surface area contributed by atoms with Crippen molar-refractivity contribution < 1.29 is 15.3 Å². The molecule has 2 unspecified atom stereocenters. The molecule has 28 heavy (non-hydrogen) atoms. The van der Waals surface area contributed by atoms with E-state index < -0.39 is 0 Å².